The van der Waals surface area contributed by atoms with E-state index in [9.17, 15) is 0 Å². The molecule has 0 saturated carbocycles. The van der Waals surface area contributed by atoms with Crippen LogP contribution in [-0.4, -0.2) is 25.5 Å². The molecular formula is C19H18N2O. The molecule has 1 unspecified atom stereocenters. The van der Waals surface area contributed by atoms with Gasteiger partial charge in [-0.1, -0.05) is 54.6 Å². The molecule has 1 fully saturated rings. The summed E-state index contributed by atoms with van der Waals surface area (Å²) >= 11 is 0. The van der Waals surface area contributed by atoms with Crippen LogP contribution < -0.4 is 5.01 Å². The van der Waals surface area contributed by atoms with Crippen LogP contribution in [0.15, 0.2) is 65.3 Å². The van der Waals surface area contributed by atoms with Crippen LogP contribution in [0.3, 0.4) is 0 Å². The molecule has 0 radical (unpaired) electrons. The number of para-hydroxylation sites is 1. The van der Waals surface area contributed by atoms with Crippen LogP contribution in [0.5, 0.6) is 0 Å². The zero-order chi connectivity index (χ0) is 14.8. The molecular weight excluding hydrogens is 272 g/mol. The smallest absolute Gasteiger partial charge is 0.0973 e. The van der Waals surface area contributed by atoms with Gasteiger partial charge in [0.15, 0.2) is 0 Å². The molecule has 0 amide bonds. The molecule has 2 aliphatic rings. The van der Waals surface area contributed by atoms with Gasteiger partial charge in [-0.05, 0) is 29.2 Å². The molecule has 4 rings (SSSR count). The summed E-state index contributed by atoms with van der Waals surface area (Å²) in [4.78, 5) is 0. The number of anilines is 1. The highest BCUT2D eigenvalue weighted by molar-refractivity contribution is 5.82. The van der Waals surface area contributed by atoms with Crippen molar-refractivity contribution in [2.45, 2.75) is 12.5 Å². The van der Waals surface area contributed by atoms with E-state index in [-0.39, 0.29) is 6.04 Å². The number of rotatable bonds is 2. The summed E-state index contributed by atoms with van der Waals surface area (Å²) in [5.74, 6) is 0. The number of hydrazone groups is 1. The second kappa shape index (κ2) is 5.78. The van der Waals surface area contributed by atoms with Crippen LogP contribution in [0.25, 0.3) is 6.08 Å². The van der Waals surface area contributed by atoms with E-state index in [1.165, 1.54) is 11.1 Å². The Morgan fingerprint density at radius 1 is 1.05 bits per heavy atom. The molecule has 3 heteroatoms. The van der Waals surface area contributed by atoms with Gasteiger partial charge in [0.1, 0.15) is 0 Å². The summed E-state index contributed by atoms with van der Waals surface area (Å²) in [6.45, 7) is 1.51. The van der Waals surface area contributed by atoms with E-state index in [4.69, 9.17) is 9.84 Å². The monoisotopic (exact) mass is 290 g/mol. The Morgan fingerprint density at radius 3 is 2.77 bits per heavy atom. The van der Waals surface area contributed by atoms with Crippen molar-refractivity contribution >= 4 is 18.0 Å². The van der Waals surface area contributed by atoms with E-state index in [1.54, 1.807) is 0 Å². The van der Waals surface area contributed by atoms with Gasteiger partial charge in [0.25, 0.3) is 0 Å². The Kier molecular flexibility index (Phi) is 3.49. The maximum atomic E-state index is 5.68. The standard InChI is InChI=1S/C19H18N2O/c1-2-6-15(7-3-1)13-20-21-18-9-5-4-8-16(18)12-17-10-11-22-14-19(17)21/h1-9,12-13,19H,10-11,14H2. The molecule has 0 N–H and O–H groups in total. The van der Waals surface area contributed by atoms with Crippen LogP contribution >= 0.6 is 0 Å². The normalized spacial score (nSPS) is 20.5. The third-order valence-corrected chi connectivity index (χ3v) is 4.19. The van der Waals surface area contributed by atoms with Crippen molar-refractivity contribution in [3.63, 3.8) is 0 Å². The van der Waals surface area contributed by atoms with Crippen LogP contribution in [0.4, 0.5) is 5.69 Å². The molecule has 110 valence electrons. The maximum Gasteiger partial charge on any atom is 0.0973 e. The van der Waals surface area contributed by atoms with Crippen molar-refractivity contribution < 1.29 is 4.74 Å². The SMILES string of the molecule is C(=NN1c2ccccc2C=C2CCOCC21)c1ccccc1. The molecule has 2 aromatic carbocycles. The van der Waals surface area contributed by atoms with E-state index in [0.29, 0.717) is 6.61 Å². The molecule has 2 aliphatic heterocycles. The first-order valence-electron chi connectivity index (χ1n) is 7.67. The number of fused-ring (bicyclic) bond motifs is 2. The first kappa shape index (κ1) is 13.3. The highest BCUT2D eigenvalue weighted by Gasteiger charge is 2.30. The average Bonchev–Trinajstić information content (AvgIpc) is 2.59. The van der Waals surface area contributed by atoms with Gasteiger partial charge in [-0.2, -0.15) is 5.10 Å². The van der Waals surface area contributed by atoms with Crippen LogP contribution in [-0.2, 0) is 4.74 Å². The number of hydrogen-bond donors (Lipinski definition) is 0. The van der Waals surface area contributed by atoms with Crippen molar-refractivity contribution in [1.82, 2.24) is 0 Å². The summed E-state index contributed by atoms with van der Waals surface area (Å²) in [5.41, 5.74) is 4.90. The van der Waals surface area contributed by atoms with Crippen molar-refractivity contribution in [2.75, 3.05) is 18.2 Å². The van der Waals surface area contributed by atoms with Gasteiger partial charge < -0.3 is 4.74 Å². The molecule has 1 atom stereocenters. The van der Waals surface area contributed by atoms with Gasteiger partial charge in [0, 0.05) is 0 Å². The minimum absolute atomic E-state index is 0.212. The molecule has 0 aromatic heterocycles. The Hall–Kier alpha value is -2.39. The molecule has 1 saturated heterocycles. The Morgan fingerprint density at radius 2 is 1.86 bits per heavy atom. The average molecular weight is 290 g/mol. The van der Waals surface area contributed by atoms with Crippen molar-refractivity contribution in [1.29, 1.82) is 0 Å². The van der Waals surface area contributed by atoms with Gasteiger partial charge in [-0.15, -0.1) is 0 Å². The van der Waals surface area contributed by atoms with Gasteiger partial charge in [-0.25, -0.2) is 0 Å². The lowest BCUT2D eigenvalue weighted by Crippen LogP contribution is -2.41. The molecule has 0 bridgehead atoms. The molecule has 2 heterocycles. The van der Waals surface area contributed by atoms with Crippen molar-refractivity contribution in [3.05, 3.63) is 71.3 Å². The van der Waals surface area contributed by atoms with E-state index >= 15 is 0 Å². The van der Waals surface area contributed by atoms with Crippen LogP contribution in [0.1, 0.15) is 17.5 Å². The topological polar surface area (TPSA) is 24.8 Å². The Labute approximate surface area is 130 Å². The summed E-state index contributed by atoms with van der Waals surface area (Å²) in [7, 11) is 0. The summed E-state index contributed by atoms with van der Waals surface area (Å²) in [5, 5.41) is 6.87. The third kappa shape index (κ3) is 2.44. The van der Waals surface area contributed by atoms with Gasteiger partial charge in [0.2, 0.25) is 0 Å². The van der Waals surface area contributed by atoms with E-state index in [0.717, 1.165) is 24.3 Å². The lowest BCUT2D eigenvalue weighted by atomic mass is 9.94. The quantitative estimate of drug-likeness (QED) is 0.788. The maximum absolute atomic E-state index is 5.68. The van der Waals surface area contributed by atoms with Crippen molar-refractivity contribution in [2.24, 2.45) is 5.10 Å². The van der Waals surface area contributed by atoms with Crippen LogP contribution in [0, 0.1) is 0 Å². The van der Waals surface area contributed by atoms with E-state index < -0.39 is 0 Å². The predicted octanol–water partition coefficient (Wildman–Crippen LogP) is 3.71. The zero-order valence-corrected chi connectivity index (χ0v) is 12.4. The number of nitrogens with zero attached hydrogens (tertiary/aromatic N) is 2. The van der Waals surface area contributed by atoms with Crippen molar-refractivity contribution in [3.8, 4) is 0 Å². The molecule has 2 aromatic rings. The first-order chi connectivity index (χ1) is 10.9. The van der Waals surface area contributed by atoms with Gasteiger partial charge in [0.05, 0.1) is 31.2 Å². The third-order valence-electron chi connectivity index (χ3n) is 4.19. The fraction of sp³-hybridized carbons (Fsp3) is 0.211. The second-order valence-electron chi connectivity index (χ2n) is 5.62. The van der Waals surface area contributed by atoms with Crippen LogP contribution in [0.2, 0.25) is 0 Å². The highest BCUT2D eigenvalue weighted by Crippen LogP contribution is 2.35. The largest absolute Gasteiger partial charge is 0.379 e. The molecule has 0 spiro atoms. The minimum Gasteiger partial charge on any atom is -0.379 e. The van der Waals surface area contributed by atoms with E-state index in [2.05, 4.69) is 47.5 Å². The second-order valence-corrected chi connectivity index (χ2v) is 5.62. The number of ether oxygens (including phenoxy) is 1. The number of hydrogen-bond acceptors (Lipinski definition) is 3. The fourth-order valence-electron chi connectivity index (χ4n) is 3.05. The lowest BCUT2D eigenvalue weighted by molar-refractivity contribution is 0.104. The predicted molar refractivity (Wildman–Crippen MR) is 90.2 cm³/mol. The minimum atomic E-state index is 0.212. The van der Waals surface area contributed by atoms with Gasteiger partial charge in [-0.3, -0.25) is 5.01 Å². The summed E-state index contributed by atoms with van der Waals surface area (Å²) < 4.78 is 5.68. The van der Waals surface area contributed by atoms with Gasteiger partial charge >= 0.3 is 0 Å². The van der Waals surface area contributed by atoms with E-state index in [1.807, 2.05) is 24.4 Å². The fourth-order valence-corrected chi connectivity index (χ4v) is 3.05. The lowest BCUT2D eigenvalue weighted by Gasteiger charge is -2.38. The molecule has 22 heavy (non-hydrogen) atoms. The molecule has 3 nitrogen and oxygen atoms in total. The Balaban J connectivity index is 1.73. The summed E-state index contributed by atoms with van der Waals surface area (Å²) in [6.07, 6.45) is 5.21. The zero-order valence-electron chi connectivity index (χ0n) is 12.4. The first-order valence-corrected chi connectivity index (χ1v) is 7.67. The Bertz CT molecular complexity index is 721. The number of benzene rings is 2. The molecule has 0 aliphatic carbocycles. The summed E-state index contributed by atoms with van der Waals surface area (Å²) in [6, 6.07) is 18.8. The highest BCUT2D eigenvalue weighted by atomic mass is 16.5.